The lowest BCUT2D eigenvalue weighted by atomic mass is 10.0. The molecule has 1 heterocycles. The number of rotatable bonds is 4. The number of piperidine rings is 1. The van der Waals surface area contributed by atoms with Gasteiger partial charge in [-0.3, -0.25) is 0 Å². The van der Waals surface area contributed by atoms with E-state index < -0.39 is 0 Å². The second-order valence-electron chi connectivity index (χ2n) is 5.42. The number of nitrogens with one attached hydrogen (secondary N) is 1. The Bertz CT molecular complexity index is 423. The molecule has 1 atom stereocenters. The molecule has 1 saturated heterocycles. The molecule has 0 amide bonds. The van der Waals surface area contributed by atoms with Crippen LogP contribution in [0.4, 0.5) is 5.69 Å². The van der Waals surface area contributed by atoms with E-state index in [1.54, 1.807) is 7.11 Å². The summed E-state index contributed by atoms with van der Waals surface area (Å²) in [6.07, 6.45) is 2.49. The topological polar surface area (TPSA) is 24.5 Å². The molecule has 2 rings (SSSR count). The predicted molar refractivity (Wildman–Crippen MR) is 84.2 cm³/mol. The highest BCUT2D eigenvalue weighted by atomic mass is 79.9. The number of ether oxygens (including phenoxy) is 1. The number of methoxy groups -OCH3 is 1. The molecule has 19 heavy (non-hydrogen) atoms. The minimum Gasteiger partial charge on any atom is -0.497 e. The molecule has 1 N–H and O–H groups in total. The summed E-state index contributed by atoms with van der Waals surface area (Å²) in [6.45, 7) is 6.59. The fourth-order valence-electron chi connectivity index (χ4n) is 2.67. The molecule has 0 saturated carbocycles. The van der Waals surface area contributed by atoms with Gasteiger partial charge in [0.2, 0.25) is 0 Å². The van der Waals surface area contributed by atoms with Gasteiger partial charge in [-0.05, 0) is 40.9 Å². The molecule has 3 nitrogen and oxygen atoms in total. The first-order valence-electron chi connectivity index (χ1n) is 6.94. The van der Waals surface area contributed by atoms with Gasteiger partial charge in [-0.25, -0.2) is 0 Å². The predicted octanol–water partition coefficient (Wildman–Crippen LogP) is 3.42. The molecule has 106 valence electrons. The van der Waals surface area contributed by atoms with E-state index in [1.165, 1.54) is 18.5 Å². The lowest BCUT2D eigenvalue weighted by molar-refractivity contribution is 0.393. The summed E-state index contributed by atoms with van der Waals surface area (Å²) in [5.41, 5.74) is 1.23. The van der Waals surface area contributed by atoms with Crippen molar-refractivity contribution in [2.24, 2.45) is 0 Å². The Kier molecular flexibility index (Phi) is 5.11. The second kappa shape index (κ2) is 6.62. The zero-order chi connectivity index (χ0) is 13.8. The quantitative estimate of drug-likeness (QED) is 0.917. The minimum absolute atomic E-state index is 0.540. The molecule has 4 heteroatoms. The highest BCUT2D eigenvalue weighted by molar-refractivity contribution is 9.10. The first kappa shape index (κ1) is 14.7. The van der Waals surface area contributed by atoms with Crippen molar-refractivity contribution in [1.82, 2.24) is 5.32 Å². The summed E-state index contributed by atoms with van der Waals surface area (Å²) in [5, 5.41) is 3.64. The number of nitrogens with zero attached hydrogens (tertiary/aromatic N) is 1. The lowest BCUT2D eigenvalue weighted by Crippen LogP contribution is -2.48. The first-order valence-corrected chi connectivity index (χ1v) is 7.74. The van der Waals surface area contributed by atoms with E-state index in [9.17, 15) is 0 Å². The SMILES string of the molecule is COc1ccc(Br)c(N2CCCC(NC(C)C)C2)c1. The zero-order valence-electron chi connectivity index (χ0n) is 11.9. The van der Waals surface area contributed by atoms with Gasteiger partial charge in [0.05, 0.1) is 12.8 Å². The van der Waals surface area contributed by atoms with Crippen LogP contribution in [0.1, 0.15) is 26.7 Å². The molecule has 1 aromatic rings. The summed E-state index contributed by atoms with van der Waals surface area (Å²) in [7, 11) is 1.71. The Labute approximate surface area is 124 Å². The maximum Gasteiger partial charge on any atom is 0.121 e. The third-order valence-electron chi connectivity index (χ3n) is 3.48. The Morgan fingerprint density at radius 2 is 2.21 bits per heavy atom. The molecule has 0 spiro atoms. The van der Waals surface area contributed by atoms with Crippen LogP contribution in [0.5, 0.6) is 5.75 Å². The van der Waals surface area contributed by atoms with Gasteiger partial charge in [-0.1, -0.05) is 13.8 Å². The molecular weight excluding hydrogens is 304 g/mol. The van der Waals surface area contributed by atoms with Crippen LogP contribution in [0.2, 0.25) is 0 Å². The normalized spacial score (nSPS) is 19.8. The van der Waals surface area contributed by atoms with Crippen LogP contribution < -0.4 is 15.0 Å². The molecule has 1 aliphatic heterocycles. The Morgan fingerprint density at radius 1 is 1.42 bits per heavy atom. The van der Waals surface area contributed by atoms with Gasteiger partial charge in [0.1, 0.15) is 5.75 Å². The summed E-state index contributed by atoms with van der Waals surface area (Å²) < 4.78 is 6.47. The smallest absolute Gasteiger partial charge is 0.121 e. The van der Waals surface area contributed by atoms with Crippen LogP contribution in [0.15, 0.2) is 22.7 Å². The maximum atomic E-state index is 5.33. The maximum absolute atomic E-state index is 5.33. The summed E-state index contributed by atoms with van der Waals surface area (Å²) in [4.78, 5) is 2.44. The van der Waals surface area contributed by atoms with Crippen LogP contribution in [-0.2, 0) is 0 Å². The van der Waals surface area contributed by atoms with E-state index in [0.29, 0.717) is 12.1 Å². The fourth-order valence-corrected chi connectivity index (χ4v) is 3.16. The average molecular weight is 327 g/mol. The van der Waals surface area contributed by atoms with E-state index in [2.05, 4.69) is 52.1 Å². The second-order valence-corrected chi connectivity index (χ2v) is 6.28. The average Bonchev–Trinajstić information content (AvgIpc) is 2.39. The monoisotopic (exact) mass is 326 g/mol. The lowest BCUT2D eigenvalue weighted by Gasteiger charge is -2.36. The van der Waals surface area contributed by atoms with Crippen LogP contribution in [0, 0.1) is 0 Å². The summed E-state index contributed by atoms with van der Waals surface area (Å²) in [6, 6.07) is 7.28. The first-order chi connectivity index (χ1) is 9.10. The Hall–Kier alpha value is -0.740. The standard InChI is InChI=1S/C15H23BrN2O/c1-11(2)17-12-5-4-8-18(10-12)15-9-13(19-3)6-7-14(15)16/h6-7,9,11-12,17H,4-5,8,10H2,1-3H3. The van der Waals surface area contributed by atoms with Crippen molar-refractivity contribution >= 4 is 21.6 Å². The third kappa shape index (κ3) is 3.86. The molecule has 1 aromatic carbocycles. The molecule has 0 radical (unpaired) electrons. The van der Waals surface area contributed by atoms with Crippen LogP contribution in [0.25, 0.3) is 0 Å². The van der Waals surface area contributed by atoms with Crippen molar-refractivity contribution in [2.75, 3.05) is 25.1 Å². The van der Waals surface area contributed by atoms with E-state index in [1.807, 2.05) is 6.07 Å². The van der Waals surface area contributed by atoms with E-state index in [4.69, 9.17) is 4.74 Å². The number of halogens is 1. The van der Waals surface area contributed by atoms with Crippen molar-refractivity contribution in [2.45, 2.75) is 38.8 Å². The van der Waals surface area contributed by atoms with E-state index >= 15 is 0 Å². The van der Waals surface area contributed by atoms with Gasteiger partial charge in [0.25, 0.3) is 0 Å². The van der Waals surface area contributed by atoms with Gasteiger partial charge in [0, 0.05) is 35.7 Å². The summed E-state index contributed by atoms with van der Waals surface area (Å²) >= 11 is 3.65. The van der Waals surface area contributed by atoms with Gasteiger partial charge in [-0.15, -0.1) is 0 Å². The van der Waals surface area contributed by atoms with Crippen LogP contribution in [0.3, 0.4) is 0 Å². The van der Waals surface area contributed by atoms with Crippen molar-refractivity contribution in [3.8, 4) is 5.75 Å². The third-order valence-corrected chi connectivity index (χ3v) is 4.15. The molecule has 1 unspecified atom stereocenters. The molecule has 0 bridgehead atoms. The van der Waals surface area contributed by atoms with Gasteiger partial charge < -0.3 is 15.0 Å². The van der Waals surface area contributed by atoms with Gasteiger partial charge in [0.15, 0.2) is 0 Å². The van der Waals surface area contributed by atoms with Crippen molar-refractivity contribution in [3.63, 3.8) is 0 Å². The van der Waals surface area contributed by atoms with Gasteiger partial charge >= 0.3 is 0 Å². The van der Waals surface area contributed by atoms with E-state index in [-0.39, 0.29) is 0 Å². The fraction of sp³-hybridized carbons (Fsp3) is 0.600. The number of hydrogen-bond donors (Lipinski definition) is 1. The van der Waals surface area contributed by atoms with Gasteiger partial charge in [-0.2, -0.15) is 0 Å². The number of hydrogen-bond acceptors (Lipinski definition) is 3. The molecule has 0 aromatic heterocycles. The van der Waals surface area contributed by atoms with Crippen molar-refractivity contribution in [1.29, 1.82) is 0 Å². The van der Waals surface area contributed by atoms with Crippen LogP contribution >= 0.6 is 15.9 Å². The molecule has 0 aliphatic carbocycles. The number of anilines is 1. The Morgan fingerprint density at radius 3 is 2.89 bits per heavy atom. The van der Waals surface area contributed by atoms with Crippen LogP contribution in [-0.4, -0.2) is 32.3 Å². The highest BCUT2D eigenvalue weighted by Crippen LogP contribution is 2.32. The van der Waals surface area contributed by atoms with E-state index in [0.717, 1.165) is 23.3 Å². The minimum atomic E-state index is 0.540. The molecular formula is C15H23BrN2O. The molecule has 1 aliphatic rings. The number of benzene rings is 1. The summed E-state index contributed by atoms with van der Waals surface area (Å²) in [5.74, 6) is 0.914. The van der Waals surface area contributed by atoms with Crippen molar-refractivity contribution < 1.29 is 4.74 Å². The molecule has 1 fully saturated rings. The Balaban J connectivity index is 2.12. The zero-order valence-corrected chi connectivity index (χ0v) is 13.5. The van der Waals surface area contributed by atoms with Crippen molar-refractivity contribution in [3.05, 3.63) is 22.7 Å². The largest absolute Gasteiger partial charge is 0.497 e. The highest BCUT2D eigenvalue weighted by Gasteiger charge is 2.22.